The Morgan fingerprint density at radius 1 is 1.24 bits per heavy atom. The fraction of sp³-hybridized carbons (Fsp3) is 0.632. The van der Waals surface area contributed by atoms with E-state index in [0.29, 0.717) is 25.4 Å². The van der Waals surface area contributed by atoms with Crippen LogP contribution in [0.15, 0.2) is 30.3 Å². The predicted octanol–water partition coefficient (Wildman–Crippen LogP) is 2.41. The lowest BCUT2D eigenvalue weighted by Crippen LogP contribution is -2.45. The summed E-state index contributed by atoms with van der Waals surface area (Å²) in [6.07, 6.45) is 1.49. The molecule has 0 spiro atoms. The van der Waals surface area contributed by atoms with E-state index in [9.17, 15) is 13.2 Å². The maximum absolute atomic E-state index is 12.8. The van der Waals surface area contributed by atoms with Crippen LogP contribution in [0.4, 0.5) is 5.69 Å². The van der Waals surface area contributed by atoms with Crippen molar-refractivity contribution in [1.82, 2.24) is 4.90 Å². The highest BCUT2D eigenvalue weighted by atomic mass is 32.2. The molecule has 0 aliphatic carbocycles. The summed E-state index contributed by atoms with van der Waals surface area (Å²) >= 11 is 0. The van der Waals surface area contributed by atoms with Gasteiger partial charge in [0, 0.05) is 30.6 Å². The lowest BCUT2D eigenvalue weighted by atomic mass is 9.87. The molecule has 2 heterocycles. The Balaban J connectivity index is 1.72. The van der Waals surface area contributed by atoms with E-state index in [1.54, 1.807) is 0 Å². The number of anilines is 1. The summed E-state index contributed by atoms with van der Waals surface area (Å²) in [5.41, 5.74) is 0.771. The van der Waals surface area contributed by atoms with Crippen LogP contribution in [-0.4, -0.2) is 49.9 Å². The molecule has 1 aromatic rings. The first kappa shape index (κ1) is 18.4. The maximum atomic E-state index is 12.8. The number of nitrogens with zero attached hydrogens (tertiary/aromatic N) is 1. The van der Waals surface area contributed by atoms with Crippen molar-refractivity contribution >= 4 is 21.4 Å². The molecule has 0 unspecified atom stereocenters. The molecule has 25 heavy (non-hydrogen) atoms. The van der Waals surface area contributed by atoms with E-state index in [4.69, 9.17) is 0 Å². The Hall–Kier alpha value is -1.40. The van der Waals surface area contributed by atoms with Crippen molar-refractivity contribution < 1.29 is 13.2 Å². The second-order valence-electron chi connectivity index (χ2n) is 7.76. The van der Waals surface area contributed by atoms with Crippen LogP contribution in [0, 0.1) is 17.8 Å². The van der Waals surface area contributed by atoms with Crippen LogP contribution in [0.2, 0.25) is 0 Å². The van der Waals surface area contributed by atoms with Crippen molar-refractivity contribution in [2.75, 3.05) is 30.7 Å². The maximum Gasteiger partial charge on any atom is 0.227 e. The van der Waals surface area contributed by atoms with Crippen LogP contribution >= 0.6 is 0 Å². The summed E-state index contributed by atoms with van der Waals surface area (Å²) in [6, 6.07) is 9.39. The van der Waals surface area contributed by atoms with Gasteiger partial charge in [0.05, 0.1) is 11.0 Å². The summed E-state index contributed by atoms with van der Waals surface area (Å²) in [7, 11) is -3.09. The Morgan fingerprint density at radius 3 is 2.64 bits per heavy atom. The Bertz CT molecular complexity index is 703. The molecule has 1 amide bonds. The fourth-order valence-electron chi connectivity index (χ4n) is 4.01. The molecule has 2 saturated heterocycles. The molecule has 1 N–H and O–H groups in total. The third-order valence-electron chi connectivity index (χ3n) is 5.48. The topological polar surface area (TPSA) is 66.5 Å². The molecule has 3 rings (SSSR count). The molecule has 2 fully saturated rings. The summed E-state index contributed by atoms with van der Waals surface area (Å²) in [5.74, 6) is 0.365. The number of hydrogen-bond acceptors (Lipinski definition) is 4. The molecular weight excluding hydrogens is 336 g/mol. The minimum Gasteiger partial charge on any atom is -0.326 e. The van der Waals surface area contributed by atoms with Gasteiger partial charge in [0.15, 0.2) is 9.84 Å². The number of carbonyl (C=O) groups excluding carboxylic acids is 1. The van der Waals surface area contributed by atoms with Gasteiger partial charge in [-0.2, -0.15) is 0 Å². The number of nitrogens with one attached hydrogen (secondary N) is 1. The van der Waals surface area contributed by atoms with Gasteiger partial charge in [-0.3, -0.25) is 4.79 Å². The molecule has 5 nitrogen and oxygen atoms in total. The highest BCUT2D eigenvalue weighted by Gasteiger charge is 2.50. The average Bonchev–Trinajstić information content (AvgIpc) is 2.99. The lowest BCUT2D eigenvalue weighted by molar-refractivity contribution is -0.121. The molecular formula is C19H28N2O3S. The van der Waals surface area contributed by atoms with Crippen molar-refractivity contribution in [1.29, 1.82) is 0 Å². The molecule has 6 heteroatoms. The first-order chi connectivity index (χ1) is 11.9. The SMILES string of the molecule is CC(C)CCN1C[C@H]2[C@H](C(=O)Nc3ccccc3)CCS(=O)(=O)[C@H]2C1. The minimum atomic E-state index is -3.09. The first-order valence-corrected chi connectivity index (χ1v) is 10.9. The zero-order valence-electron chi connectivity index (χ0n) is 15.0. The average molecular weight is 365 g/mol. The number of likely N-dealkylation sites (tertiary alicyclic amines) is 1. The van der Waals surface area contributed by atoms with Gasteiger partial charge in [-0.15, -0.1) is 0 Å². The fourth-order valence-corrected chi connectivity index (χ4v) is 6.14. The van der Waals surface area contributed by atoms with Crippen LogP contribution in [0.25, 0.3) is 0 Å². The third-order valence-corrected chi connectivity index (χ3v) is 7.70. The summed E-state index contributed by atoms with van der Waals surface area (Å²) < 4.78 is 25.0. The smallest absolute Gasteiger partial charge is 0.227 e. The molecule has 0 radical (unpaired) electrons. The van der Waals surface area contributed by atoms with E-state index in [2.05, 4.69) is 24.1 Å². The number of benzene rings is 1. The standard InChI is InChI=1S/C19H28N2O3S/c1-14(2)8-10-21-12-17-16(9-11-25(23,24)18(17)13-21)19(22)20-15-6-4-3-5-7-15/h3-7,14,16-18H,8-13H2,1-2H3,(H,20,22)/t16-,17+,18+/m1/s1. The van der Waals surface area contributed by atoms with Crippen LogP contribution in [0.5, 0.6) is 0 Å². The van der Waals surface area contributed by atoms with E-state index in [1.807, 2.05) is 30.3 Å². The number of hydrogen-bond donors (Lipinski definition) is 1. The van der Waals surface area contributed by atoms with Gasteiger partial charge < -0.3 is 10.2 Å². The number of carbonyl (C=O) groups is 1. The number of sulfone groups is 1. The number of amides is 1. The Kier molecular flexibility index (Phi) is 5.49. The number of rotatable bonds is 5. The van der Waals surface area contributed by atoms with Crippen molar-refractivity contribution in [3.8, 4) is 0 Å². The van der Waals surface area contributed by atoms with Crippen LogP contribution < -0.4 is 5.32 Å². The second kappa shape index (κ2) is 7.46. The van der Waals surface area contributed by atoms with Crippen molar-refractivity contribution in [2.45, 2.75) is 31.9 Å². The van der Waals surface area contributed by atoms with E-state index < -0.39 is 9.84 Å². The largest absolute Gasteiger partial charge is 0.326 e. The van der Waals surface area contributed by atoms with Crippen LogP contribution in [0.3, 0.4) is 0 Å². The zero-order valence-corrected chi connectivity index (χ0v) is 15.8. The summed E-state index contributed by atoms with van der Waals surface area (Å²) in [5, 5.41) is 2.58. The molecule has 2 aliphatic rings. The van der Waals surface area contributed by atoms with E-state index in [0.717, 1.165) is 18.7 Å². The molecule has 0 saturated carbocycles. The van der Waals surface area contributed by atoms with Crippen molar-refractivity contribution in [3.05, 3.63) is 30.3 Å². The van der Waals surface area contributed by atoms with E-state index in [1.165, 1.54) is 0 Å². The Morgan fingerprint density at radius 2 is 1.96 bits per heavy atom. The molecule has 2 aliphatic heterocycles. The van der Waals surface area contributed by atoms with Gasteiger partial charge in [0.25, 0.3) is 0 Å². The summed E-state index contributed by atoms with van der Waals surface area (Å²) in [4.78, 5) is 15.0. The second-order valence-corrected chi connectivity index (χ2v) is 10.1. The lowest BCUT2D eigenvalue weighted by Gasteiger charge is -2.31. The number of fused-ring (bicyclic) bond motifs is 1. The van der Waals surface area contributed by atoms with E-state index in [-0.39, 0.29) is 28.7 Å². The van der Waals surface area contributed by atoms with Gasteiger partial charge in [-0.25, -0.2) is 8.42 Å². The highest BCUT2D eigenvalue weighted by Crippen LogP contribution is 2.37. The van der Waals surface area contributed by atoms with Crippen molar-refractivity contribution in [3.63, 3.8) is 0 Å². The quantitative estimate of drug-likeness (QED) is 0.871. The van der Waals surface area contributed by atoms with Crippen molar-refractivity contribution in [2.24, 2.45) is 17.8 Å². The summed E-state index contributed by atoms with van der Waals surface area (Å²) in [6.45, 7) is 6.55. The molecule has 3 atom stereocenters. The van der Waals surface area contributed by atoms with Crippen LogP contribution in [0.1, 0.15) is 26.7 Å². The zero-order chi connectivity index (χ0) is 18.0. The van der Waals surface area contributed by atoms with Gasteiger partial charge in [-0.05, 0) is 37.4 Å². The highest BCUT2D eigenvalue weighted by molar-refractivity contribution is 7.92. The van der Waals surface area contributed by atoms with Gasteiger partial charge >= 0.3 is 0 Å². The number of para-hydroxylation sites is 1. The van der Waals surface area contributed by atoms with Gasteiger partial charge in [0.2, 0.25) is 5.91 Å². The van der Waals surface area contributed by atoms with Gasteiger partial charge in [-0.1, -0.05) is 32.0 Å². The first-order valence-electron chi connectivity index (χ1n) is 9.16. The van der Waals surface area contributed by atoms with Crippen LogP contribution in [-0.2, 0) is 14.6 Å². The molecule has 0 bridgehead atoms. The minimum absolute atomic E-state index is 0.0400. The molecule has 1 aromatic carbocycles. The van der Waals surface area contributed by atoms with Gasteiger partial charge in [0.1, 0.15) is 0 Å². The third kappa shape index (κ3) is 4.23. The monoisotopic (exact) mass is 364 g/mol. The normalized spacial score (nSPS) is 28.7. The Labute approximate surface area is 150 Å². The molecule has 0 aromatic heterocycles. The van der Waals surface area contributed by atoms with E-state index >= 15 is 0 Å². The molecule has 138 valence electrons. The predicted molar refractivity (Wildman–Crippen MR) is 100 cm³/mol.